The highest BCUT2D eigenvalue weighted by atomic mass is 19.4. The predicted molar refractivity (Wildman–Crippen MR) is 173 cm³/mol. The quantitative estimate of drug-likeness (QED) is 0.321. The Morgan fingerprint density at radius 3 is 2.46 bits per heavy atom. The number of alkyl halides is 3. The molecule has 3 aromatic rings. The fraction of sp³-hybridized carbons (Fsp3) is 0.514. The Morgan fingerprint density at radius 1 is 1.00 bits per heavy atom. The van der Waals surface area contributed by atoms with Gasteiger partial charge in [0.25, 0.3) is 0 Å². The summed E-state index contributed by atoms with van der Waals surface area (Å²) in [5.74, 6) is 0.772. The first kappa shape index (κ1) is 32.2. The maximum Gasteiger partial charge on any atom is 0.419 e. The summed E-state index contributed by atoms with van der Waals surface area (Å²) >= 11 is 0. The Labute approximate surface area is 269 Å². The van der Waals surface area contributed by atoms with Gasteiger partial charge in [-0.3, -0.25) is 4.79 Å². The number of halogens is 3. The van der Waals surface area contributed by atoms with Gasteiger partial charge < -0.3 is 24.8 Å². The van der Waals surface area contributed by atoms with E-state index in [2.05, 4.69) is 44.1 Å². The van der Waals surface area contributed by atoms with Crippen LogP contribution in [0.4, 0.5) is 30.5 Å². The van der Waals surface area contributed by atoms with Crippen molar-refractivity contribution < 1.29 is 22.7 Å². The standard InChI is InChI=1S/C35H43F3N6O2/c1-42(2)25-11-15-43(16-12-25)26-13-17-44(18-14-26)27-8-10-32(33(20-27)46-3)41-34-39-22-30(35(36,37)38)31(40-34)9-7-23-5-4-6-24-19-28(45)21-29(23)24/h4-6,8,10,20,22,25-26H,7,9,11-19,21H2,1-3H3,(H,39,40,41). The zero-order chi connectivity index (χ0) is 32.4. The van der Waals surface area contributed by atoms with Crippen LogP contribution < -0.4 is 15.0 Å². The van der Waals surface area contributed by atoms with Crippen molar-refractivity contribution in [2.45, 2.75) is 69.6 Å². The zero-order valence-corrected chi connectivity index (χ0v) is 26.9. The minimum atomic E-state index is -4.59. The van der Waals surface area contributed by atoms with Crippen molar-refractivity contribution in [1.82, 2.24) is 19.8 Å². The summed E-state index contributed by atoms with van der Waals surface area (Å²) in [6, 6.07) is 12.8. The number of aryl methyl sites for hydroxylation is 2. The monoisotopic (exact) mass is 636 g/mol. The molecule has 0 bridgehead atoms. The third-order valence-corrected chi connectivity index (χ3v) is 9.94. The van der Waals surface area contributed by atoms with E-state index in [1.54, 1.807) is 7.11 Å². The number of anilines is 3. The first-order valence-electron chi connectivity index (χ1n) is 16.2. The summed E-state index contributed by atoms with van der Waals surface area (Å²) in [6.45, 7) is 4.23. The second kappa shape index (κ2) is 13.6. The molecule has 3 heterocycles. The molecule has 0 atom stereocenters. The van der Waals surface area contributed by atoms with Gasteiger partial charge in [-0.15, -0.1) is 0 Å². The number of likely N-dealkylation sites (tertiary alicyclic amines) is 1. The van der Waals surface area contributed by atoms with Crippen molar-refractivity contribution in [1.29, 1.82) is 0 Å². The zero-order valence-electron chi connectivity index (χ0n) is 26.9. The van der Waals surface area contributed by atoms with E-state index in [4.69, 9.17) is 4.74 Å². The Hall–Kier alpha value is -3.70. The number of carbonyl (C=O) groups excluding carboxylic acids is 1. The third-order valence-electron chi connectivity index (χ3n) is 9.94. The topological polar surface area (TPSA) is 73.8 Å². The second-order valence-electron chi connectivity index (χ2n) is 13.0. The number of carbonyl (C=O) groups is 1. The van der Waals surface area contributed by atoms with Crippen LogP contribution in [0, 0.1) is 0 Å². The molecule has 8 nitrogen and oxygen atoms in total. The van der Waals surface area contributed by atoms with E-state index in [1.807, 2.05) is 36.4 Å². The molecule has 0 saturated carbocycles. The smallest absolute Gasteiger partial charge is 0.419 e. The second-order valence-corrected chi connectivity index (χ2v) is 13.0. The number of nitrogens with zero attached hydrogens (tertiary/aromatic N) is 5. The van der Waals surface area contributed by atoms with Crippen LogP contribution in [0.5, 0.6) is 5.75 Å². The molecule has 2 aromatic carbocycles. The van der Waals surface area contributed by atoms with Crippen LogP contribution in [0.15, 0.2) is 42.6 Å². The largest absolute Gasteiger partial charge is 0.494 e. The molecule has 2 fully saturated rings. The molecule has 2 saturated heterocycles. The molecule has 46 heavy (non-hydrogen) atoms. The number of methoxy groups -OCH3 is 1. The Kier molecular flexibility index (Phi) is 9.52. The minimum absolute atomic E-state index is 0.0658. The number of hydrogen-bond donors (Lipinski definition) is 1. The summed E-state index contributed by atoms with van der Waals surface area (Å²) in [6.07, 6.45) is 2.05. The molecular weight excluding hydrogens is 593 g/mol. The van der Waals surface area contributed by atoms with E-state index in [0.717, 1.165) is 67.6 Å². The van der Waals surface area contributed by atoms with Crippen molar-refractivity contribution in [2.75, 3.05) is 57.6 Å². The highest BCUT2D eigenvalue weighted by molar-refractivity contribution is 5.88. The van der Waals surface area contributed by atoms with Gasteiger partial charge >= 0.3 is 6.18 Å². The number of fused-ring (bicyclic) bond motifs is 1. The highest BCUT2D eigenvalue weighted by Gasteiger charge is 2.35. The average Bonchev–Trinajstić information content (AvgIpc) is 3.44. The van der Waals surface area contributed by atoms with Gasteiger partial charge in [0.05, 0.1) is 24.1 Å². The van der Waals surface area contributed by atoms with Crippen LogP contribution in [0.3, 0.4) is 0 Å². The normalized spacial score (nSPS) is 18.3. The molecule has 1 aliphatic carbocycles. The molecule has 11 heteroatoms. The minimum Gasteiger partial charge on any atom is -0.494 e. The molecule has 6 rings (SSSR count). The van der Waals surface area contributed by atoms with Crippen molar-refractivity contribution in [3.8, 4) is 5.75 Å². The van der Waals surface area contributed by atoms with Crippen molar-refractivity contribution >= 4 is 23.1 Å². The van der Waals surface area contributed by atoms with E-state index < -0.39 is 11.7 Å². The van der Waals surface area contributed by atoms with Crippen LogP contribution in [0.25, 0.3) is 0 Å². The van der Waals surface area contributed by atoms with Crippen molar-refractivity contribution in [3.05, 3.63) is 70.5 Å². The summed E-state index contributed by atoms with van der Waals surface area (Å²) in [5.41, 5.74) is 3.48. The maximum atomic E-state index is 13.9. The van der Waals surface area contributed by atoms with E-state index in [-0.39, 0.29) is 23.8 Å². The number of rotatable bonds is 9. The van der Waals surface area contributed by atoms with Crippen LogP contribution in [-0.2, 0) is 36.7 Å². The lowest BCUT2D eigenvalue weighted by Crippen LogP contribution is -2.50. The number of ketones is 1. The maximum absolute atomic E-state index is 13.9. The first-order valence-corrected chi connectivity index (χ1v) is 16.2. The SMILES string of the molecule is COc1cc(N2CCC(N3CCC(N(C)C)CC3)CC2)ccc1Nc1ncc(C(F)(F)F)c(CCc2cccc3c2CC(=O)C3)n1. The van der Waals surface area contributed by atoms with E-state index in [1.165, 1.54) is 12.8 Å². The van der Waals surface area contributed by atoms with Crippen LogP contribution in [-0.4, -0.2) is 85.0 Å². The molecular formula is C35H43F3N6O2. The molecule has 0 radical (unpaired) electrons. The van der Waals surface area contributed by atoms with Crippen LogP contribution in [0.1, 0.15) is 53.6 Å². The van der Waals surface area contributed by atoms with Gasteiger partial charge in [-0.2, -0.15) is 13.2 Å². The molecule has 0 spiro atoms. The number of nitrogens with one attached hydrogen (secondary N) is 1. The van der Waals surface area contributed by atoms with Crippen LogP contribution in [0.2, 0.25) is 0 Å². The van der Waals surface area contributed by atoms with Crippen molar-refractivity contribution in [2.24, 2.45) is 0 Å². The lowest BCUT2D eigenvalue weighted by atomic mass is 9.97. The average molecular weight is 637 g/mol. The van der Waals surface area contributed by atoms with Gasteiger partial charge in [0.1, 0.15) is 11.5 Å². The van der Waals surface area contributed by atoms with E-state index in [9.17, 15) is 18.0 Å². The molecule has 0 unspecified atom stereocenters. The van der Waals surface area contributed by atoms with Gasteiger partial charge in [0, 0.05) is 56.0 Å². The first-order chi connectivity index (χ1) is 22.1. The summed E-state index contributed by atoms with van der Waals surface area (Å²) < 4.78 is 47.5. The van der Waals surface area contributed by atoms with Crippen LogP contribution >= 0.6 is 0 Å². The number of benzene rings is 2. The Morgan fingerprint density at radius 2 is 1.76 bits per heavy atom. The molecule has 3 aliphatic rings. The van der Waals surface area contributed by atoms with Crippen molar-refractivity contribution in [3.63, 3.8) is 0 Å². The van der Waals surface area contributed by atoms with Gasteiger partial charge in [-0.1, -0.05) is 18.2 Å². The number of piperidine rings is 2. The van der Waals surface area contributed by atoms with Gasteiger partial charge in [-0.05, 0) is 94.5 Å². The van der Waals surface area contributed by atoms with Gasteiger partial charge in [-0.25, -0.2) is 9.97 Å². The molecule has 2 aliphatic heterocycles. The summed E-state index contributed by atoms with van der Waals surface area (Å²) in [5, 5.41) is 3.09. The highest BCUT2D eigenvalue weighted by Crippen LogP contribution is 2.36. The van der Waals surface area contributed by atoms with E-state index >= 15 is 0 Å². The fourth-order valence-electron chi connectivity index (χ4n) is 7.30. The molecule has 1 aromatic heterocycles. The predicted octanol–water partition coefficient (Wildman–Crippen LogP) is 5.70. The number of ether oxygens (including phenoxy) is 1. The summed E-state index contributed by atoms with van der Waals surface area (Å²) in [4.78, 5) is 27.7. The molecule has 246 valence electrons. The third kappa shape index (κ3) is 7.15. The Bertz CT molecular complexity index is 1550. The number of hydrogen-bond acceptors (Lipinski definition) is 8. The fourth-order valence-corrected chi connectivity index (χ4v) is 7.30. The lowest BCUT2D eigenvalue weighted by molar-refractivity contribution is -0.138. The van der Waals surface area contributed by atoms with E-state index in [0.29, 0.717) is 42.8 Å². The number of Topliss-reactive ketones (excluding diaryl/α,β-unsaturated/α-hetero) is 1. The molecule has 0 amide bonds. The van der Waals surface area contributed by atoms with Gasteiger partial charge in [0.15, 0.2) is 0 Å². The summed E-state index contributed by atoms with van der Waals surface area (Å²) in [7, 11) is 5.92. The molecule has 1 N–H and O–H groups in total. The number of aromatic nitrogens is 2. The Balaban J connectivity index is 1.12. The van der Waals surface area contributed by atoms with Gasteiger partial charge in [0.2, 0.25) is 5.95 Å². The lowest BCUT2D eigenvalue weighted by Gasteiger charge is -2.43.